The van der Waals surface area contributed by atoms with Crippen molar-refractivity contribution in [2.24, 2.45) is 5.73 Å². The molecule has 0 fully saturated rings. The summed E-state index contributed by atoms with van der Waals surface area (Å²) in [4.78, 5) is 21.2. The minimum Gasteiger partial charge on any atom is -0.457 e. The lowest BCUT2D eigenvalue weighted by molar-refractivity contribution is -0.153. The lowest BCUT2D eigenvalue weighted by Gasteiger charge is -2.17. The van der Waals surface area contributed by atoms with Gasteiger partial charge in [0.25, 0.3) is 0 Å². The molecular formula is C23H42NO7P. The number of phosphoric ester groups is 1. The van der Waals surface area contributed by atoms with E-state index in [-0.39, 0.29) is 19.6 Å². The molecule has 0 aliphatic heterocycles. The molecule has 2 atom stereocenters. The van der Waals surface area contributed by atoms with Gasteiger partial charge < -0.3 is 20.5 Å². The molecule has 0 radical (unpaired) electrons. The molecule has 0 amide bonds. The molecule has 32 heavy (non-hydrogen) atoms. The Hall–Kier alpha value is -1.28. The fraction of sp³-hybridized carbons (Fsp3) is 0.696. The van der Waals surface area contributed by atoms with Crippen LogP contribution < -0.4 is 5.73 Å². The Kier molecular flexibility index (Phi) is 20.7. The van der Waals surface area contributed by atoms with E-state index in [0.29, 0.717) is 6.42 Å². The zero-order valence-electron chi connectivity index (χ0n) is 19.4. The van der Waals surface area contributed by atoms with E-state index < -0.39 is 33.1 Å². The lowest BCUT2D eigenvalue weighted by atomic mass is 10.1. The van der Waals surface area contributed by atoms with E-state index in [0.717, 1.165) is 25.7 Å². The first kappa shape index (κ1) is 30.7. The number of allylic oxidation sites excluding steroid dienone is 6. The van der Waals surface area contributed by atoms with Gasteiger partial charge in [0.05, 0.1) is 19.8 Å². The normalized spacial score (nSPS) is 15.0. The summed E-state index contributed by atoms with van der Waals surface area (Å²) < 4.78 is 25.8. The maximum Gasteiger partial charge on any atom is 0.472 e. The number of carbonyl (C=O) groups excluding carboxylic acids is 1. The smallest absolute Gasteiger partial charge is 0.457 e. The maximum absolute atomic E-state index is 11.8. The van der Waals surface area contributed by atoms with Gasteiger partial charge in [-0.05, 0) is 44.9 Å². The molecular weight excluding hydrogens is 433 g/mol. The third kappa shape index (κ3) is 20.6. The van der Waals surface area contributed by atoms with Gasteiger partial charge in [-0.1, -0.05) is 56.2 Å². The van der Waals surface area contributed by atoms with Crippen LogP contribution in [0.25, 0.3) is 0 Å². The molecule has 0 rings (SSSR count). The summed E-state index contributed by atoms with van der Waals surface area (Å²) in [5.41, 5.74) is 5.18. The molecule has 8 nitrogen and oxygen atoms in total. The standard InChI is InChI=1S/C23H42NO7P/c1-2-3-4-5-6-7-8-9-10-11-12-13-14-15-16-17-23(26)31-22(20-25)21-30-32(27,28)29-19-18-24/h6-7,9-10,12-13,22,25H,2-5,8,11,14-21,24H2,1H3,(H,27,28)/b7-6+,10-9+,13-12+. The largest absolute Gasteiger partial charge is 0.472 e. The fourth-order valence-electron chi connectivity index (χ4n) is 2.57. The first-order chi connectivity index (χ1) is 15.4. The molecule has 9 heteroatoms. The summed E-state index contributed by atoms with van der Waals surface area (Å²) in [7, 11) is -4.27. The van der Waals surface area contributed by atoms with Crippen molar-refractivity contribution in [1.29, 1.82) is 0 Å². The van der Waals surface area contributed by atoms with Crippen molar-refractivity contribution in [3.05, 3.63) is 36.5 Å². The predicted molar refractivity (Wildman–Crippen MR) is 127 cm³/mol. The van der Waals surface area contributed by atoms with Gasteiger partial charge in [-0.3, -0.25) is 13.8 Å². The van der Waals surface area contributed by atoms with E-state index >= 15 is 0 Å². The molecule has 0 aromatic rings. The Morgan fingerprint density at radius 2 is 1.56 bits per heavy atom. The third-order valence-electron chi connectivity index (χ3n) is 4.32. The molecule has 0 spiro atoms. The van der Waals surface area contributed by atoms with Gasteiger partial charge in [0.2, 0.25) is 0 Å². The lowest BCUT2D eigenvalue weighted by Crippen LogP contribution is -2.27. The minimum atomic E-state index is -4.27. The Bertz CT molecular complexity index is 593. The summed E-state index contributed by atoms with van der Waals surface area (Å²) in [5.74, 6) is -0.488. The molecule has 0 saturated carbocycles. The second kappa shape index (κ2) is 21.6. The molecule has 0 aliphatic carbocycles. The number of aliphatic hydroxyl groups excluding tert-OH is 1. The Labute approximate surface area is 193 Å². The monoisotopic (exact) mass is 475 g/mol. The van der Waals surface area contributed by atoms with Crippen LogP contribution >= 0.6 is 7.82 Å². The molecule has 0 saturated heterocycles. The quantitative estimate of drug-likeness (QED) is 0.0953. The number of esters is 1. The predicted octanol–water partition coefficient (Wildman–Crippen LogP) is 4.57. The van der Waals surface area contributed by atoms with Crippen LogP contribution in [0, 0.1) is 0 Å². The van der Waals surface area contributed by atoms with E-state index in [4.69, 9.17) is 15.0 Å². The number of hydrogen-bond acceptors (Lipinski definition) is 7. The van der Waals surface area contributed by atoms with Crippen molar-refractivity contribution in [2.45, 2.75) is 77.2 Å². The molecule has 0 bridgehead atoms. The Morgan fingerprint density at radius 3 is 2.12 bits per heavy atom. The van der Waals surface area contributed by atoms with E-state index in [1.807, 2.05) is 0 Å². The van der Waals surface area contributed by atoms with Gasteiger partial charge in [-0.25, -0.2) is 4.57 Å². The second-order valence-electron chi connectivity index (χ2n) is 7.31. The topological polar surface area (TPSA) is 128 Å². The number of phosphoric acid groups is 1. The maximum atomic E-state index is 11.8. The number of carbonyl (C=O) groups is 1. The molecule has 0 aromatic carbocycles. The Morgan fingerprint density at radius 1 is 0.969 bits per heavy atom. The van der Waals surface area contributed by atoms with Crippen LogP contribution in [-0.2, 0) is 23.1 Å². The van der Waals surface area contributed by atoms with Crippen LogP contribution in [0.5, 0.6) is 0 Å². The van der Waals surface area contributed by atoms with E-state index in [1.54, 1.807) is 0 Å². The molecule has 4 N–H and O–H groups in total. The molecule has 0 aromatic heterocycles. The van der Waals surface area contributed by atoms with Crippen molar-refractivity contribution in [3.8, 4) is 0 Å². The van der Waals surface area contributed by atoms with Crippen LogP contribution in [0.15, 0.2) is 36.5 Å². The average molecular weight is 476 g/mol. The van der Waals surface area contributed by atoms with Crippen molar-refractivity contribution in [2.75, 3.05) is 26.4 Å². The first-order valence-electron chi connectivity index (χ1n) is 11.5. The van der Waals surface area contributed by atoms with Gasteiger partial charge in [-0.2, -0.15) is 0 Å². The summed E-state index contributed by atoms with van der Waals surface area (Å²) in [6.45, 7) is 1.18. The zero-order chi connectivity index (χ0) is 23.9. The van der Waals surface area contributed by atoms with Crippen LogP contribution in [0.4, 0.5) is 0 Å². The van der Waals surface area contributed by atoms with E-state index in [9.17, 15) is 19.4 Å². The highest BCUT2D eigenvalue weighted by Gasteiger charge is 2.24. The highest BCUT2D eigenvalue weighted by atomic mass is 31.2. The van der Waals surface area contributed by atoms with Gasteiger partial charge in [-0.15, -0.1) is 0 Å². The molecule has 0 heterocycles. The molecule has 186 valence electrons. The summed E-state index contributed by atoms with van der Waals surface area (Å²) in [6.07, 6.45) is 21.4. The van der Waals surface area contributed by atoms with Gasteiger partial charge in [0.1, 0.15) is 6.10 Å². The summed E-state index contributed by atoms with van der Waals surface area (Å²) in [5, 5.41) is 9.24. The van der Waals surface area contributed by atoms with Gasteiger partial charge in [0.15, 0.2) is 0 Å². The number of nitrogens with two attached hydrogens (primary N) is 1. The zero-order valence-corrected chi connectivity index (χ0v) is 20.3. The van der Waals surface area contributed by atoms with Crippen molar-refractivity contribution >= 4 is 13.8 Å². The van der Waals surface area contributed by atoms with E-state index in [2.05, 4.69) is 47.9 Å². The van der Waals surface area contributed by atoms with Gasteiger partial charge >= 0.3 is 13.8 Å². The van der Waals surface area contributed by atoms with E-state index in [1.165, 1.54) is 25.7 Å². The highest BCUT2D eigenvalue weighted by Crippen LogP contribution is 2.42. The Balaban J connectivity index is 3.80. The third-order valence-corrected chi connectivity index (χ3v) is 5.30. The first-order valence-corrected chi connectivity index (χ1v) is 13.0. The number of ether oxygens (including phenoxy) is 1. The van der Waals surface area contributed by atoms with Gasteiger partial charge in [0, 0.05) is 13.0 Å². The number of unbranched alkanes of at least 4 members (excludes halogenated alkanes) is 5. The number of aliphatic hydroxyl groups is 1. The fourth-order valence-corrected chi connectivity index (χ4v) is 3.34. The van der Waals surface area contributed by atoms with Crippen LogP contribution in [0.1, 0.15) is 71.1 Å². The van der Waals surface area contributed by atoms with Crippen molar-refractivity contribution in [3.63, 3.8) is 0 Å². The minimum absolute atomic E-state index is 0.0645. The second-order valence-corrected chi connectivity index (χ2v) is 8.76. The van der Waals surface area contributed by atoms with Crippen LogP contribution in [0.3, 0.4) is 0 Å². The van der Waals surface area contributed by atoms with Crippen LogP contribution in [-0.4, -0.2) is 48.4 Å². The summed E-state index contributed by atoms with van der Waals surface area (Å²) in [6, 6.07) is 0. The number of rotatable bonds is 21. The van der Waals surface area contributed by atoms with Crippen LogP contribution in [0.2, 0.25) is 0 Å². The molecule has 0 aliphatic rings. The van der Waals surface area contributed by atoms with Crippen molar-refractivity contribution < 1.29 is 33.1 Å². The SMILES string of the molecule is CCCCC/C=C/C/C=C/C/C=C/CCCCC(=O)OC(CO)COP(=O)(O)OCCN. The average Bonchev–Trinajstić information content (AvgIpc) is 2.77. The highest BCUT2D eigenvalue weighted by molar-refractivity contribution is 7.47. The summed E-state index contributed by atoms with van der Waals surface area (Å²) >= 11 is 0. The number of hydrogen-bond donors (Lipinski definition) is 3. The van der Waals surface area contributed by atoms with Crippen molar-refractivity contribution in [1.82, 2.24) is 0 Å². The molecule has 2 unspecified atom stereocenters.